The van der Waals surface area contributed by atoms with Gasteiger partial charge in [0, 0.05) is 19.6 Å². The molecule has 5 heteroatoms. The molecule has 22 heavy (non-hydrogen) atoms. The Morgan fingerprint density at radius 2 is 1.82 bits per heavy atom. The predicted molar refractivity (Wildman–Crippen MR) is 89.5 cm³/mol. The zero-order valence-electron chi connectivity index (χ0n) is 14.1. The summed E-state index contributed by atoms with van der Waals surface area (Å²) in [7, 11) is 4.05. The van der Waals surface area contributed by atoms with Crippen LogP contribution in [0.25, 0.3) is 0 Å². The van der Waals surface area contributed by atoms with Crippen LogP contribution in [0.2, 0.25) is 0 Å². The van der Waals surface area contributed by atoms with Crippen molar-refractivity contribution in [3.63, 3.8) is 0 Å². The fourth-order valence-corrected chi connectivity index (χ4v) is 2.13. The van der Waals surface area contributed by atoms with Crippen LogP contribution in [-0.4, -0.2) is 42.8 Å². The minimum absolute atomic E-state index is 0.199. The summed E-state index contributed by atoms with van der Waals surface area (Å²) >= 11 is 0. The lowest BCUT2D eigenvalue weighted by atomic mass is 10.0. The fourth-order valence-electron chi connectivity index (χ4n) is 2.13. The van der Waals surface area contributed by atoms with Gasteiger partial charge >= 0.3 is 6.03 Å². The highest BCUT2D eigenvalue weighted by atomic mass is 16.3. The summed E-state index contributed by atoms with van der Waals surface area (Å²) in [4.78, 5) is 13.9. The van der Waals surface area contributed by atoms with Crippen LogP contribution in [-0.2, 0) is 13.1 Å². The molecule has 1 unspecified atom stereocenters. The van der Waals surface area contributed by atoms with Crippen LogP contribution in [0.15, 0.2) is 24.3 Å². The van der Waals surface area contributed by atoms with Crippen molar-refractivity contribution >= 4 is 6.03 Å². The third-order valence-corrected chi connectivity index (χ3v) is 3.54. The normalized spacial score (nSPS) is 12.5. The summed E-state index contributed by atoms with van der Waals surface area (Å²) in [5, 5.41) is 15.3. The molecule has 0 aliphatic heterocycles. The number of urea groups is 1. The summed E-state index contributed by atoms with van der Waals surface area (Å²) in [5.74, 6) is 0.211. The summed E-state index contributed by atoms with van der Waals surface area (Å²) in [6, 6.07) is 7.90. The maximum Gasteiger partial charge on any atom is 0.315 e. The Labute approximate surface area is 133 Å². The molecule has 0 fully saturated rings. The van der Waals surface area contributed by atoms with Gasteiger partial charge in [-0.1, -0.05) is 38.1 Å². The molecule has 1 atom stereocenters. The largest absolute Gasteiger partial charge is 0.393 e. The topological polar surface area (TPSA) is 64.6 Å². The van der Waals surface area contributed by atoms with Crippen LogP contribution in [0.3, 0.4) is 0 Å². The van der Waals surface area contributed by atoms with Gasteiger partial charge in [-0.2, -0.15) is 0 Å². The van der Waals surface area contributed by atoms with E-state index < -0.39 is 0 Å². The number of carbonyl (C=O) groups excluding carboxylic acids is 1. The van der Waals surface area contributed by atoms with Crippen molar-refractivity contribution in [2.24, 2.45) is 5.92 Å². The van der Waals surface area contributed by atoms with E-state index in [0.29, 0.717) is 19.5 Å². The zero-order valence-corrected chi connectivity index (χ0v) is 14.1. The molecule has 0 aromatic heterocycles. The molecule has 2 amide bonds. The van der Waals surface area contributed by atoms with Gasteiger partial charge in [0.2, 0.25) is 0 Å². The molecule has 1 rings (SSSR count). The molecule has 3 N–H and O–H groups in total. The number of aliphatic hydroxyl groups excluding tert-OH is 1. The number of benzene rings is 1. The van der Waals surface area contributed by atoms with Gasteiger partial charge in [0.05, 0.1) is 6.10 Å². The van der Waals surface area contributed by atoms with Gasteiger partial charge < -0.3 is 20.6 Å². The standard InChI is InChI=1S/C17H29N3O2/c1-13(2)16(21)9-10-18-17(22)19-11-14-7-5-6-8-15(14)12-20(3)4/h5-8,13,16,21H,9-12H2,1-4H3,(H2,18,19,22). The maximum atomic E-state index is 11.8. The summed E-state index contributed by atoms with van der Waals surface area (Å²) in [6.07, 6.45) is 0.198. The van der Waals surface area contributed by atoms with Crippen LogP contribution in [0.1, 0.15) is 31.4 Å². The monoisotopic (exact) mass is 307 g/mol. The average molecular weight is 307 g/mol. The first-order valence-corrected chi connectivity index (χ1v) is 7.81. The van der Waals surface area contributed by atoms with Gasteiger partial charge in [-0.3, -0.25) is 0 Å². The smallest absolute Gasteiger partial charge is 0.315 e. The van der Waals surface area contributed by atoms with Gasteiger partial charge in [0.25, 0.3) is 0 Å². The maximum absolute atomic E-state index is 11.8. The Morgan fingerprint density at radius 1 is 1.18 bits per heavy atom. The van der Waals surface area contributed by atoms with Gasteiger partial charge in [-0.05, 0) is 37.6 Å². The minimum Gasteiger partial charge on any atom is -0.393 e. The van der Waals surface area contributed by atoms with Gasteiger partial charge in [-0.15, -0.1) is 0 Å². The summed E-state index contributed by atoms with van der Waals surface area (Å²) < 4.78 is 0. The van der Waals surface area contributed by atoms with E-state index in [1.165, 1.54) is 5.56 Å². The van der Waals surface area contributed by atoms with E-state index in [9.17, 15) is 9.90 Å². The van der Waals surface area contributed by atoms with E-state index in [2.05, 4.69) is 21.6 Å². The Balaban J connectivity index is 2.38. The first-order valence-electron chi connectivity index (χ1n) is 7.81. The number of hydrogen-bond acceptors (Lipinski definition) is 3. The van der Waals surface area contributed by atoms with Gasteiger partial charge in [-0.25, -0.2) is 4.79 Å². The molecule has 0 bridgehead atoms. The Bertz CT molecular complexity index is 461. The SMILES string of the molecule is CC(C)C(O)CCNC(=O)NCc1ccccc1CN(C)C. The second-order valence-electron chi connectivity index (χ2n) is 6.22. The molecule has 1 aromatic rings. The predicted octanol–water partition coefficient (Wildman–Crippen LogP) is 1.95. The first-order chi connectivity index (χ1) is 10.4. The van der Waals surface area contributed by atoms with Crippen molar-refractivity contribution in [1.29, 1.82) is 0 Å². The molecule has 0 heterocycles. The van der Waals surface area contributed by atoms with Crippen molar-refractivity contribution in [3.05, 3.63) is 35.4 Å². The number of aliphatic hydroxyl groups is 1. The van der Waals surface area contributed by atoms with Crippen molar-refractivity contribution in [2.75, 3.05) is 20.6 Å². The summed E-state index contributed by atoms with van der Waals surface area (Å²) in [5.41, 5.74) is 2.33. The van der Waals surface area contributed by atoms with Crippen molar-refractivity contribution in [2.45, 2.75) is 39.5 Å². The lowest BCUT2D eigenvalue weighted by molar-refractivity contribution is 0.116. The highest BCUT2D eigenvalue weighted by Crippen LogP contribution is 2.10. The molecule has 0 radical (unpaired) electrons. The lowest BCUT2D eigenvalue weighted by Gasteiger charge is -2.16. The van der Waals surface area contributed by atoms with Crippen LogP contribution < -0.4 is 10.6 Å². The molecule has 5 nitrogen and oxygen atoms in total. The van der Waals surface area contributed by atoms with E-state index in [-0.39, 0.29) is 18.1 Å². The van der Waals surface area contributed by atoms with E-state index in [1.807, 2.05) is 46.1 Å². The molecule has 0 spiro atoms. The van der Waals surface area contributed by atoms with E-state index >= 15 is 0 Å². The second-order valence-corrected chi connectivity index (χ2v) is 6.22. The number of nitrogens with one attached hydrogen (secondary N) is 2. The summed E-state index contributed by atoms with van der Waals surface area (Å²) in [6.45, 7) is 5.76. The van der Waals surface area contributed by atoms with Crippen molar-refractivity contribution in [3.8, 4) is 0 Å². The van der Waals surface area contributed by atoms with Crippen LogP contribution in [0.5, 0.6) is 0 Å². The average Bonchev–Trinajstić information content (AvgIpc) is 2.45. The number of amides is 2. The van der Waals surface area contributed by atoms with Crippen LogP contribution in [0, 0.1) is 5.92 Å². The highest BCUT2D eigenvalue weighted by Gasteiger charge is 2.09. The quantitative estimate of drug-likeness (QED) is 0.688. The third kappa shape index (κ3) is 6.91. The zero-order chi connectivity index (χ0) is 16.5. The Kier molecular flexibility index (Phi) is 7.91. The number of nitrogens with zero attached hydrogens (tertiary/aromatic N) is 1. The van der Waals surface area contributed by atoms with E-state index in [4.69, 9.17) is 0 Å². The Morgan fingerprint density at radius 3 is 2.41 bits per heavy atom. The Hall–Kier alpha value is -1.59. The number of rotatable bonds is 8. The molecule has 1 aromatic carbocycles. The van der Waals surface area contributed by atoms with E-state index in [0.717, 1.165) is 12.1 Å². The van der Waals surface area contributed by atoms with Gasteiger partial charge in [0.15, 0.2) is 0 Å². The number of carbonyl (C=O) groups is 1. The molecule has 124 valence electrons. The molecule has 0 saturated heterocycles. The molecule has 0 saturated carbocycles. The molecule has 0 aliphatic carbocycles. The third-order valence-electron chi connectivity index (χ3n) is 3.54. The minimum atomic E-state index is -0.374. The fraction of sp³-hybridized carbons (Fsp3) is 0.588. The van der Waals surface area contributed by atoms with Crippen molar-refractivity contribution < 1.29 is 9.90 Å². The molecular formula is C17H29N3O2. The van der Waals surface area contributed by atoms with E-state index in [1.54, 1.807) is 0 Å². The van der Waals surface area contributed by atoms with Crippen molar-refractivity contribution in [1.82, 2.24) is 15.5 Å². The highest BCUT2D eigenvalue weighted by molar-refractivity contribution is 5.73. The lowest BCUT2D eigenvalue weighted by Crippen LogP contribution is -2.37. The number of hydrogen-bond donors (Lipinski definition) is 3. The first kappa shape index (κ1) is 18.5. The van der Waals surface area contributed by atoms with Crippen LogP contribution >= 0.6 is 0 Å². The van der Waals surface area contributed by atoms with Gasteiger partial charge in [0.1, 0.15) is 0 Å². The van der Waals surface area contributed by atoms with Crippen LogP contribution in [0.4, 0.5) is 4.79 Å². The molecule has 0 aliphatic rings. The molecular weight excluding hydrogens is 278 g/mol. The second kappa shape index (κ2) is 9.43.